The average Bonchev–Trinajstić information content (AvgIpc) is 2.64. The van der Waals surface area contributed by atoms with E-state index in [0.717, 1.165) is 37.4 Å². The lowest BCUT2D eigenvalue weighted by Gasteiger charge is -2.17. The minimum Gasteiger partial charge on any atom is -0.355 e. The molecule has 1 aromatic heterocycles. The van der Waals surface area contributed by atoms with Crippen molar-refractivity contribution in [1.82, 2.24) is 9.97 Å². The van der Waals surface area contributed by atoms with Crippen LogP contribution in [0.1, 0.15) is 26.0 Å². The molecule has 0 aliphatic carbocycles. The van der Waals surface area contributed by atoms with Gasteiger partial charge < -0.3 is 10.6 Å². The summed E-state index contributed by atoms with van der Waals surface area (Å²) in [5.41, 5.74) is 7.02. The highest BCUT2D eigenvalue weighted by atomic mass is 15.2. The van der Waals surface area contributed by atoms with Crippen LogP contribution in [-0.2, 0) is 6.42 Å². The molecule has 0 spiro atoms. The van der Waals surface area contributed by atoms with Gasteiger partial charge in [0.2, 0.25) is 0 Å². The molecule has 2 rings (SSSR count). The zero-order chi connectivity index (χ0) is 11.5. The van der Waals surface area contributed by atoms with Gasteiger partial charge in [-0.1, -0.05) is 13.8 Å². The molecule has 0 radical (unpaired) electrons. The molecule has 1 fully saturated rings. The van der Waals surface area contributed by atoms with E-state index in [2.05, 4.69) is 34.8 Å². The Morgan fingerprint density at radius 1 is 1.50 bits per heavy atom. The monoisotopic (exact) mass is 220 g/mol. The molecular weight excluding hydrogens is 200 g/mol. The molecule has 1 aliphatic rings. The molecule has 2 heterocycles. The lowest BCUT2D eigenvalue weighted by Crippen LogP contribution is -2.27. The molecule has 1 aromatic rings. The van der Waals surface area contributed by atoms with E-state index in [1.54, 1.807) is 6.33 Å². The predicted octanol–water partition coefficient (Wildman–Crippen LogP) is 1.21. The third-order valence-electron chi connectivity index (χ3n) is 2.88. The van der Waals surface area contributed by atoms with E-state index in [1.807, 2.05) is 0 Å². The minimum absolute atomic E-state index is 0.295. The second-order valence-corrected chi connectivity index (χ2v) is 4.96. The van der Waals surface area contributed by atoms with Crippen LogP contribution in [0, 0.1) is 5.92 Å². The molecule has 16 heavy (non-hydrogen) atoms. The summed E-state index contributed by atoms with van der Waals surface area (Å²) < 4.78 is 0. The lowest BCUT2D eigenvalue weighted by atomic mass is 10.1. The molecule has 1 aliphatic heterocycles. The zero-order valence-corrected chi connectivity index (χ0v) is 10.1. The highest BCUT2D eigenvalue weighted by molar-refractivity contribution is 5.40. The van der Waals surface area contributed by atoms with E-state index < -0.39 is 0 Å². The first-order valence-electron chi connectivity index (χ1n) is 5.96. The van der Waals surface area contributed by atoms with Crippen LogP contribution in [0.2, 0.25) is 0 Å². The Morgan fingerprint density at radius 3 is 2.94 bits per heavy atom. The summed E-state index contributed by atoms with van der Waals surface area (Å²) in [7, 11) is 0. The summed E-state index contributed by atoms with van der Waals surface area (Å²) in [6.45, 7) is 6.33. The molecule has 1 atom stereocenters. The smallest absolute Gasteiger partial charge is 0.132 e. The van der Waals surface area contributed by atoms with Crippen LogP contribution in [-0.4, -0.2) is 29.1 Å². The summed E-state index contributed by atoms with van der Waals surface area (Å²) >= 11 is 0. The maximum atomic E-state index is 5.90. The molecule has 0 saturated carbocycles. The number of nitrogens with two attached hydrogens (primary N) is 1. The van der Waals surface area contributed by atoms with Crippen LogP contribution in [0.3, 0.4) is 0 Å². The highest BCUT2D eigenvalue weighted by Crippen LogP contribution is 2.18. The topological polar surface area (TPSA) is 55.0 Å². The van der Waals surface area contributed by atoms with Gasteiger partial charge in [0.15, 0.2) is 0 Å². The van der Waals surface area contributed by atoms with Crippen LogP contribution >= 0.6 is 0 Å². The number of anilines is 1. The van der Waals surface area contributed by atoms with Gasteiger partial charge >= 0.3 is 0 Å². The summed E-state index contributed by atoms with van der Waals surface area (Å²) in [5.74, 6) is 1.65. The largest absolute Gasteiger partial charge is 0.355 e. The van der Waals surface area contributed by atoms with Gasteiger partial charge in [0.25, 0.3) is 0 Å². The van der Waals surface area contributed by atoms with E-state index in [-0.39, 0.29) is 0 Å². The normalized spacial score (nSPS) is 20.8. The third-order valence-corrected chi connectivity index (χ3v) is 2.88. The van der Waals surface area contributed by atoms with Gasteiger partial charge in [-0.3, -0.25) is 0 Å². The maximum absolute atomic E-state index is 5.90. The van der Waals surface area contributed by atoms with Crippen molar-refractivity contribution in [2.24, 2.45) is 11.7 Å². The van der Waals surface area contributed by atoms with Gasteiger partial charge in [0.05, 0.1) is 0 Å². The van der Waals surface area contributed by atoms with Crippen LogP contribution < -0.4 is 10.6 Å². The van der Waals surface area contributed by atoms with Crippen molar-refractivity contribution in [1.29, 1.82) is 0 Å². The van der Waals surface area contributed by atoms with Crippen molar-refractivity contribution in [2.45, 2.75) is 32.7 Å². The highest BCUT2D eigenvalue weighted by Gasteiger charge is 2.20. The Labute approximate surface area is 96.9 Å². The molecule has 1 saturated heterocycles. The maximum Gasteiger partial charge on any atom is 0.132 e. The summed E-state index contributed by atoms with van der Waals surface area (Å²) in [6.07, 6.45) is 3.73. The fraction of sp³-hybridized carbons (Fsp3) is 0.667. The Balaban J connectivity index is 2.09. The van der Waals surface area contributed by atoms with Gasteiger partial charge in [-0.15, -0.1) is 0 Å². The number of hydrogen-bond donors (Lipinski definition) is 1. The summed E-state index contributed by atoms with van der Waals surface area (Å²) in [6, 6.07) is 2.39. The number of nitrogens with zero attached hydrogens (tertiary/aromatic N) is 3. The van der Waals surface area contributed by atoms with Crippen LogP contribution in [0.25, 0.3) is 0 Å². The van der Waals surface area contributed by atoms with Gasteiger partial charge in [-0.2, -0.15) is 0 Å². The fourth-order valence-electron chi connectivity index (χ4n) is 2.08. The minimum atomic E-state index is 0.295. The number of aromatic nitrogens is 2. The molecular formula is C12H20N4. The van der Waals surface area contributed by atoms with E-state index in [1.165, 1.54) is 0 Å². The van der Waals surface area contributed by atoms with Gasteiger partial charge in [0, 0.05) is 30.9 Å². The Morgan fingerprint density at radius 2 is 2.31 bits per heavy atom. The van der Waals surface area contributed by atoms with Crippen LogP contribution in [0.4, 0.5) is 5.82 Å². The van der Waals surface area contributed by atoms with E-state index in [4.69, 9.17) is 5.73 Å². The first-order valence-corrected chi connectivity index (χ1v) is 5.96. The van der Waals surface area contributed by atoms with Crippen molar-refractivity contribution in [3.05, 3.63) is 18.1 Å². The lowest BCUT2D eigenvalue weighted by molar-refractivity contribution is 0.633. The molecule has 0 aromatic carbocycles. The summed E-state index contributed by atoms with van der Waals surface area (Å²) in [4.78, 5) is 10.9. The third kappa shape index (κ3) is 2.70. The first-order chi connectivity index (χ1) is 7.65. The van der Waals surface area contributed by atoms with Crippen LogP contribution in [0.15, 0.2) is 12.4 Å². The second-order valence-electron chi connectivity index (χ2n) is 4.96. The van der Waals surface area contributed by atoms with E-state index >= 15 is 0 Å². The SMILES string of the molecule is CC(C)Cc1cc(N2CCC(N)C2)ncn1. The van der Waals surface area contributed by atoms with E-state index in [0.29, 0.717) is 12.0 Å². The molecule has 0 bridgehead atoms. The zero-order valence-electron chi connectivity index (χ0n) is 10.1. The molecule has 0 amide bonds. The molecule has 1 unspecified atom stereocenters. The van der Waals surface area contributed by atoms with Crippen molar-refractivity contribution in [2.75, 3.05) is 18.0 Å². The van der Waals surface area contributed by atoms with Crippen molar-refractivity contribution in [3.8, 4) is 0 Å². The first kappa shape index (κ1) is 11.3. The molecule has 4 heteroatoms. The fourth-order valence-corrected chi connectivity index (χ4v) is 2.08. The Bertz CT molecular complexity index is 351. The van der Waals surface area contributed by atoms with Gasteiger partial charge in [-0.25, -0.2) is 9.97 Å². The van der Waals surface area contributed by atoms with Crippen molar-refractivity contribution < 1.29 is 0 Å². The molecule has 2 N–H and O–H groups in total. The number of hydrogen-bond acceptors (Lipinski definition) is 4. The van der Waals surface area contributed by atoms with Crippen LogP contribution in [0.5, 0.6) is 0 Å². The standard InChI is InChI=1S/C12H20N4/c1-9(2)5-11-6-12(15-8-14-11)16-4-3-10(13)7-16/h6,8-10H,3-5,7,13H2,1-2H3. The second kappa shape index (κ2) is 4.78. The van der Waals surface area contributed by atoms with Crippen molar-refractivity contribution >= 4 is 5.82 Å². The van der Waals surface area contributed by atoms with E-state index in [9.17, 15) is 0 Å². The van der Waals surface area contributed by atoms with Gasteiger partial charge in [0.1, 0.15) is 12.1 Å². The quantitative estimate of drug-likeness (QED) is 0.832. The van der Waals surface area contributed by atoms with Crippen molar-refractivity contribution in [3.63, 3.8) is 0 Å². The Kier molecular flexibility index (Phi) is 3.39. The molecule has 88 valence electrons. The predicted molar refractivity (Wildman–Crippen MR) is 65.4 cm³/mol. The number of rotatable bonds is 3. The molecule has 4 nitrogen and oxygen atoms in total. The Hall–Kier alpha value is -1.16. The van der Waals surface area contributed by atoms with Gasteiger partial charge in [-0.05, 0) is 18.8 Å². The summed E-state index contributed by atoms with van der Waals surface area (Å²) in [5, 5.41) is 0. The average molecular weight is 220 g/mol.